The van der Waals surface area contributed by atoms with Crippen molar-refractivity contribution in [2.24, 2.45) is 5.92 Å². The van der Waals surface area contributed by atoms with Crippen molar-refractivity contribution in [3.63, 3.8) is 0 Å². The van der Waals surface area contributed by atoms with Gasteiger partial charge in [0, 0.05) is 32.1 Å². The van der Waals surface area contributed by atoms with Crippen molar-refractivity contribution in [3.05, 3.63) is 30.0 Å². The van der Waals surface area contributed by atoms with Crippen molar-refractivity contribution in [3.8, 4) is 0 Å². The number of nitrogens with one attached hydrogen (secondary N) is 1. The third-order valence-corrected chi connectivity index (χ3v) is 5.68. The second-order valence-electron chi connectivity index (χ2n) is 8.01. The highest BCUT2D eigenvalue weighted by molar-refractivity contribution is 5.91. The number of β-amino-alcohol motifs (C(OH)–C–C–N with tert-alkyl or cyclic N) is 1. The van der Waals surface area contributed by atoms with Crippen LogP contribution in [0.4, 0.5) is 10.1 Å². The van der Waals surface area contributed by atoms with E-state index in [2.05, 4.69) is 11.4 Å². The van der Waals surface area contributed by atoms with E-state index in [9.17, 15) is 9.50 Å². The van der Waals surface area contributed by atoms with Crippen LogP contribution in [0.5, 0.6) is 0 Å². The molecule has 1 aliphatic heterocycles. The van der Waals surface area contributed by atoms with Crippen LogP contribution in [0.1, 0.15) is 24.8 Å². The van der Waals surface area contributed by atoms with E-state index in [-0.39, 0.29) is 12.6 Å². The summed E-state index contributed by atoms with van der Waals surface area (Å²) in [6, 6.07) is 5.83. The summed E-state index contributed by atoms with van der Waals surface area (Å²) in [5.74, 6) is 0.801. The number of furan rings is 1. The zero-order valence-corrected chi connectivity index (χ0v) is 15.9. The second kappa shape index (κ2) is 8.17. The number of hydrogen-bond donors (Lipinski definition) is 2. The summed E-state index contributed by atoms with van der Waals surface area (Å²) in [6.45, 7) is 1.79. The number of piperidine rings is 1. The van der Waals surface area contributed by atoms with Gasteiger partial charge < -0.3 is 19.6 Å². The molecule has 1 aliphatic carbocycles. The first-order valence-electron chi connectivity index (χ1n) is 9.93. The number of fused-ring (bicyclic) bond motifs is 1. The predicted molar refractivity (Wildman–Crippen MR) is 104 cm³/mol. The van der Waals surface area contributed by atoms with Gasteiger partial charge in [-0.3, -0.25) is 4.90 Å². The van der Waals surface area contributed by atoms with Crippen LogP contribution in [0.15, 0.2) is 28.9 Å². The first-order chi connectivity index (χ1) is 13.1. The zero-order chi connectivity index (χ0) is 18.8. The van der Waals surface area contributed by atoms with Crippen molar-refractivity contribution in [2.75, 3.05) is 38.7 Å². The SMILES string of the molecule is COCC(O)CN1CCC(Nc2cccc3c(CC4CC4)coc23)C(F)C1. The molecule has 4 rings (SSSR count). The van der Waals surface area contributed by atoms with Gasteiger partial charge in [0.2, 0.25) is 0 Å². The van der Waals surface area contributed by atoms with Crippen molar-refractivity contribution in [1.29, 1.82) is 0 Å². The fourth-order valence-corrected chi connectivity index (χ4v) is 4.05. The third kappa shape index (κ3) is 4.45. The maximum Gasteiger partial charge on any atom is 0.157 e. The Hall–Kier alpha value is -1.63. The van der Waals surface area contributed by atoms with Crippen molar-refractivity contribution in [1.82, 2.24) is 4.90 Å². The number of ether oxygens (including phenoxy) is 1. The van der Waals surface area contributed by atoms with Crippen LogP contribution in [0.25, 0.3) is 11.0 Å². The van der Waals surface area contributed by atoms with Crippen LogP contribution in [-0.2, 0) is 11.2 Å². The number of likely N-dealkylation sites (tertiary alicyclic amines) is 1. The average Bonchev–Trinajstić information content (AvgIpc) is 3.36. The standard InChI is InChI=1S/C21H29FN2O3/c1-26-13-16(25)10-24-8-7-19(18(22)11-24)23-20-4-2-3-17-15(9-14-5-6-14)12-27-21(17)20/h2-4,12,14,16,18-19,23,25H,5-11,13H2,1H3. The number of halogens is 1. The molecular formula is C21H29FN2O3. The van der Waals surface area contributed by atoms with E-state index < -0.39 is 12.3 Å². The molecule has 1 aromatic carbocycles. The molecule has 2 fully saturated rings. The lowest BCUT2D eigenvalue weighted by Gasteiger charge is -2.36. The van der Waals surface area contributed by atoms with E-state index in [4.69, 9.17) is 9.15 Å². The third-order valence-electron chi connectivity index (χ3n) is 5.68. The minimum atomic E-state index is -0.996. The number of nitrogens with zero attached hydrogens (tertiary/aromatic N) is 1. The molecular weight excluding hydrogens is 347 g/mol. The number of para-hydroxylation sites is 1. The van der Waals surface area contributed by atoms with E-state index in [0.717, 1.165) is 35.5 Å². The Labute approximate surface area is 159 Å². The lowest BCUT2D eigenvalue weighted by atomic mass is 10.0. The Kier molecular flexibility index (Phi) is 5.66. The molecule has 3 atom stereocenters. The molecule has 1 saturated heterocycles. The molecule has 0 amide bonds. The molecule has 6 heteroatoms. The summed E-state index contributed by atoms with van der Waals surface area (Å²) in [5.41, 5.74) is 2.96. The van der Waals surface area contributed by atoms with Crippen LogP contribution >= 0.6 is 0 Å². The van der Waals surface area contributed by atoms with Gasteiger partial charge in [-0.15, -0.1) is 0 Å². The molecule has 5 nitrogen and oxygen atoms in total. The van der Waals surface area contributed by atoms with E-state index in [0.29, 0.717) is 19.5 Å². The molecule has 1 saturated carbocycles. The molecule has 0 radical (unpaired) electrons. The summed E-state index contributed by atoms with van der Waals surface area (Å²) < 4.78 is 25.6. The van der Waals surface area contributed by atoms with E-state index in [1.807, 2.05) is 23.3 Å². The van der Waals surface area contributed by atoms with Gasteiger partial charge in [0.15, 0.2) is 5.58 Å². The van der Waals surface area contributed by atoms with Crippen molar-refractivity contribution < 1.29 is 18.7 Å². The predicted octanol–water partition coefficient (Wildman–Crippen LogP) is 3.22. The van der Waals surface area contributed by atoms with Crippen molar-refractivity contribution >= 4 is 16.7 Å². The van der Waals surface area contributed by atoms with Crippen molar-refractivity contribution in [2.45, 2.75) is 44.0 Å². The number of methoxy groups -OCH3 is 1. The van der Waals surface area contributed by atoms with Gasteiger partial charge >= 0.3 is 0 Å². The van der Waals surface area contributed by atoms with Crippen LogP contribution in [-0.4, -0.2) is 61.7 Å². The minimum Gasteiger partial charge on any atom is -0.462 e. The van der Waals surface area contributed by atoms with Gasteiger partial charge in [-0.1, -0.05) is 12.1 Å². The highest BCUT2D eigenvalue weighted by Gasteiger charge is 2.31. The molecule has 0 bridgehead atoms. The quantitative estimate of drug-likeness (QED) is 0.741. The molecule has 2 aliphatic rings. The van der Waals surface area contributed by atoms with E-state index >= 15 is 0 Å². The summed E-state index contributed by atoms with van der Waals surface area (Å²) in [7, 11) is 1.56. The summed E-state index contributed by atoms with van der Waals surface area (Å²) in [4.78, 5) is 1.97. The Morgan fingerprint density at radius 1 is 1.37 bits per heavy atom. The summed E-state index contributed by atoms with van der Waals surface area (Å²) >= 11 is 0. The van der Waals surface area contributed by atoms with Gasteiger partial charge in [-0.25, -0.2) is 4.39 Å². The molecule has 0 spiro atoms. The average molecular weight is 376 g/mol. The minimum absolute atomic E-state index is 0.247. The number of hydrogen-bond acceptors (Lipinski definition) is 5. The Bertz CT molecular complexity index is 761. The summed E-state index contributed by atoms with van der Waals surface area (Å²) in [6.07, 6.45) is 4.67. The lowest BCUT2D eigenvalue weighted by molar-refractivity contribution is 0.0215. The van der Waals surface area contributed by atoms with Gasteiger partial charge in [0.25, 0.3) is 0 Å². The highest BCUT2D eigenvalue weighted by atomic mass is 19.1. The molecule has 2 aromatic rings. The fourth-order valence-electron chi connectivity index (χ4n) is 4.05. The number of benzene rings is 1. The summed E-state index contributed by atoms with van der Waals surface area (Å²) in [5, 5.41) is 14.4. The van der Waals surface area contributed by atoms with Gasteiger partial charge in [-0.05, 0) is 43.2 Å². The number of alkyl halides is 1. The molecule has 148 valence electrons. The topological polar surface area (TPSA) is 57.9 Å². The molecule has 2 heterocycles. The Morgan fingerprint density at radius 2 is 2.22 bits per heavy atom. The smallest absolute Gasteiger partial charge is 0.157 e. The fraction of sp³-hybridized carbons (Fsp3) is 0.619. The van der Waals surface area contributed by atoms with Crippen LogP contribution in [0, 0.1) is 5.92 Å². The number of anilines is 1. The monoisotopic (exact) mass is 376 g/mol. The normalized spacial score (nSPS) is 25.0. The number of rotatable bonds is 8. The highest BCUT2D eigenvalue weighted by Crippen LogP contribution is 2.37. The van der Waals surface area contributed by atoms with Crippen LogP contribution < -0.4 is 5.32 Å². The molecule has 2 N–H and O–H groups in total. The maximum absolute atomic E-state index is 14.8. The van der Waals surface area contributed by atoms with E-state index in [1.165, 1.54) is 18.4 Å². The molecule has 1 aromatic heterocycles. The maximum atomic E-state index is 14.8. The number of aliphatic hydroxyl groups excluding tert-OH is 1. The van der Waals surface area contributed by atoms with E-state index in [1.54, 1.807) is 7.11 Å². The largest absolute Gasteiger partial charge is 0.462 e. The molecule has 3 unspecified atom stereocenters. The van der Waals surface area contributed by atoms with Gasteiger partial charge in [-0.2, -0.15) is 0 Å². The zero-order valence-electron chi connectivity index (χ0n) is 15.9. The first-order valence-corrected chi connectivity index (χ1v) is 9.93. The lowest BCUT2D eigenvalue weighted by Crippen LogP contribution is -2.50. The molecule has 27 heavy (non-hydrogen) atoms. The first kappa shape index (κ1) is 18.7. The Balaban J connectivity index is 1.40. The number of aliphatic hydroxyl groups is 1. The van der Waals surface area contributed by atoms with Crippen LogP contribution in [0.3, 0.4) is 0 Å². The second-order valence-corrected chi connectivity index (χ2v) is 8.01. The van der Waals surface area contributed by atoms with Gasteiger partial charge in [0.05, 0.1) is 30.7 Å². The van der Waals surface area contributed by atoms with Gasteiger partial charge in [0.1, 0.15) is 6.17 Å². The Morgan fingerprint density at radius 3 is 2.96 bits per heavy atom. The van der Waals surface area contributed by atoms with Crippen LogP contribution in [0.2, 0.25) is 0 Å².